The lowest BCUT2D eigenvalue weighted by Crippen LogP contribution is -2.26. The molecule has 5 heteroatoms. The largest absolute Gasteiger partial charge is 0.493 e. The fourth-order valence-electron chi connectivity index (χ4n) is 5.03. The van der Waals surface area contributed by atoms with Crippen LogP contribution in [0.5, 0.6) is 5.75 Å². The highest BCUT2D eigenvalue weighted by molar-refractivity contribution is 6.00. The first kappa shape index (κ1) is 21.2. The van der Waals surface area contributed by atoms with E-state index in [1.165, 1.54) is 58.0 Å². The van der Waals surface area contributed by atoms with Crippen LogP contribution < -0.4 is 10.1 Å². The van der Waals surface area contributed by atoms with Crippen LogP contribution in [0.3, 0.4) is 0 Å². The van der Waals surface area contributed by atoms with Gasteiger partial charge in [-0.1, -0.05) is 38.2 Å². The number of carbonyl (C=O) groups excluding carboxylic acids is 1. The Bertz CT molecular complexity index is 832. The van der Waals surface area contributed by atoms with Crippen molar-refractivity contribution in [3.05, 3.63) is 29.5 Å². The first-order valence-corrected chi connectivity index (χ1v) is 11.9. The molecule has 164 valence electrons. The zero-order valence-electron chi connectivity index (χ0n) is 18.4. The minimum absolute atomic E-state index is 0.112. The van der Waals surface area contributed by atoms with Gasteiger partial charge in [-0.05, 0) is 63.7 Å². The van der Waals surface area contributed by atoms with Crippen molar-refractivity contribution in [2.24, 2.45) is 5.92 Å². The molecule has 1 saturated heterocycles. The topological polar surface area (TPSA) is 54.7 Å². The molecule has 2 aliphatic rings. The maximum atomic E-state index is 12.7. The quantitative estimate of drug-likeness (QED) is 0.567. The summed E-state index contributed by atoms with van der Waals surface area (Å²) in [5.74, 6) is 1.88. The molecular formula is C25H36N2O3. The van der Waals surface area contributed by atoms with Crippen molar-refractivity contribution in [1.82, 2.24) is 10.2 Å². The summed E-state index contributed by atoms with van der Waals surface area (Å²) in [6, 6.07) is 5.83. The molecule has 0 radical (unpaired) electrons. The number of rotatable bonds is 9. The minimum atomic E-state index is -0.112. The van der Waals surface area contributed by atoms with Crippen LogP contribution in [0, 0.1) is 12.8 Å². The number of hydrogen-bond acceptors (Lipinski definition) is 4. The minimum Gasteiger partial charge on any atom is -0.493 e. The van der Waals surface area contributed by atoms with Gasteiger partial charge in [-0.2, -0.15) is 0 Å². The number of hydrogen-bond donors (Lipinski definition) is 1. The number of likely N-dealkylation sites (tertiary alicyclic amines) is 1. The molecule has 30 heavy (non-hydrogen) atoms. The summed E-state index contributed by atoms with van der Waals surface area (Å²) < 4.78 is 12.0. The van der Waals surface area contributed by atoms with Gasteiger partial charge in [0.25, 0.3) is 5.91 Å². The SMILES string of the molecule is Cc1c(C(=O)NCCC2CCCCC2)oc2cccc(OCCCN3CCCC3)c12. The fraction of sp³-hybridized carbons (Fsp3) is 0.640. The standard InChI is InChI=1S/C25H36N2O3/c1-19-23-21(29-18-8-17-27-15-5-6-16-27)11-7-12-22(23)30-24(19)25(28)26-14-13-20-9-3-2-4-10-20/h7,11-12,20H,2-6,8-10,13-18H2,1H3,(H,26,28). The molecule has 2 heterocycles. The predicted molar refractivity (Wildman–Crippen MR) is 120 cm³/mol. The van der Waals surface area contributed by atoms with E-state index in [9.17, 15) is 4.79 Å². The Hall–Kier alpha value is -2.01. The second-order valence-corrected chi connectivity index (χ2v) is 8.98. The van der Waals surface area contributed by atoms with Crippen molar-refractivity contribution >= 4 is 16.9 Å². The summed E-state index contributed by atoms with van der Waals surface area (Å²) in [6.45, 7) is 6.89. The maximum Gasteiger partial charge on any atom is 0.287 e. The summed E-state index contributed by atoms with van der Waals surface area (Å²) >= 11 is 0. The van der Waals surface area contributed by atoms with Gasteiger partial charge >= 0.3 is 0 Å². The van der Waals surface area contributed by atoms with E-state index >= 15 is 0 Å². The van der Waals surface area contributed by atoms with E-state index in [1.54, 1.807) is 0 Å². The van der Waals surface area contributed by atoms with Gasteiger partial charge < -0.3 is 19.4 Å². The normalized spacial score (nSPS) is 18.2. The van der Waals surface area contributed by atoms with Gasteiger partial charge in [0.2, 0.25) is 0 Å². The first-order chi connectivity index (χ1) is 14.7. The molecule has 0 atom stereocenters. The number of carbonyl (C=O) groups is 1. The highest BCUT2D eigenvalue weighted by Gasteiger charge is 2.21. The number of nitrogens with zero attached hydrogens (tertiary/aromatic N) is 1. The molecule has 0 unspecified atom stereocenters. The van der Waals surface area contributed by atoms with Crippen LogP contribution in [0.1, 0.15) is 73.9 Å². The Morgan fingerprint density at radius 3 is 2.77 bits per heavy atom. The van der Waals surface area contributed by atoms with Gasteiger partial charge in [-0.25, -0.2) is 0 Å². The molecule has 5 nitrogen and oxygen atoms in total. The predicted octanol–water partition coefficient (Wildman–Crippen LogP) is 5.31. The molecule has 1 amide bonds. The van der Waals surface area contributed by atoms with Gasteiger partial charge in [-0.3, -0.25) is 4.79 Å². The Labute approximate surface area is 180 Å². The molecule has 0 spiro atoms. The molecule has 4 rings (SSSR count). The second-order valence-electron chi connectivity index (χ2n) is 8.98. The van der Waals surface area contributed by atoms with E-state index in [0.717, 1.165) is 54.1 Å². The van der Waals surface area contributed by atoms with E-state index in [4.69, 9.17) is 9.15 Å². The second kappa shape index (κ2) is 10.3. The van der Waals surface area contributed by atoms with Crippen LogP contribution >= 0.6 is 0 Å². The van der Waals surface area contributed by atoms with Gasteiger partial charge in [0.1, 0.15) is 11.3 Å². The van der Waals surface area contributed by atoms with Crippen LogP contribution in [0.2, 0.25) is 0 Å². The Morgan fingerprint density at radius 1 is 1.17 bits per heavy atom. The average Bonchev–Trinajstić information content (AvgIpc) is 3.40. The van der Waals surface area contributed by atoms with Crippen LogP contribution in [-0.4, -0.2) is 43.6 Å². The van der Waals surface area contributed by atoms with Crippen LogP contribution in [0.4, 0.5) is 0 Å². The monoisotopic (exact) mass is 412 g/mol. The van der Waals surface area contributed by atoms with Crippen LogP contribution in [-0.2, 0) is 0 Å². The molecule has 1 aromatic heterocycles. The van der Waals surface area contributed by atoms with Crippen molar-refractivity contribution in [3.8, 4) is 5.75 Å². The highest BCUT2D eigenvalue weighted by Crippen LogP contribution is 2.33. The molecule has 0 bridgehead atoms. The number of amides is 1. The van der Waals surface area contributed by atoms with Crippen molar-refractivity contribution in [2.45, 2.75) is 64.7 Å². The number of benzene rings is 1. The zero-order chi connectivity index (χ0) is 20.8. The van der Waals surface area contributed by atoms with Gasteiger partial charge in [0.05, 0.1) is 12.0 Å². The molecular weight excluding hydrogens is 376 g/mol. The van der Waals surface area contributed by atoms with Gasteiger partial charge in [0.15, 0.2) is 5.76 Å². The van der Waals surface area contributed by atoms with Gasteiger partial charge in [-0.15, -0.1) is 0 Å². The number of nitrogens with one attached hydrogen (secondary N) is 1. The van der Waals surface area contributed by atoms with Crippen LogP contribution in [0.15, 0.2) is 22.6 Å². The number of aryl methyl sites for hydroxylation is 1. The molecule has 1 aromatic carbocycles. The summed E-state index contributed by atoms with van der Waals surface area (Å²) in [7, 11) is 0. The Morgan fingerprint density at radius 2 is 1.97 bits per heavy atom. The van der Waals surface area contributed by atoms with E-state index in [1.807, 2.05) is 25.1 Å². The zero-order valence-corrected chi connectivity index (χ0v) is 18.4. The molecule has 1 saturated carbocycles. The summed E-state index contributed by atoms with van der Waals surface area (Å²) in [4.78, 5) is 15.2. The van der Waals surface area contributed by atoms with Crippen LogP contribution in [0.25, 0.3) is 11.0 Å². The summed E-state index contributed by atoms with van der Waals surface area (Å²) in [5.41, 5.74) is 1.59. The van der Waals surface area contributed by atoms with Crippen molar-refractivity contribution in [2.75, 3.05) is 32.8 Å². The third-order valence-corrected chi connectivity index (χ3v) is 6.76. The molecule has 1 aliphatic heterocycles. The lowest BCUT2D eigenvalue weighted by molar-refractivity contribution is 0.0924. The van der Waals surface area contributed by atoms with E-state index in [0.29, 0.717) is 12.4 Å². The third kappa shape index (κ3) is 5.18. The fourth-order valence-corrected chi connectivity index (χ4v) is 5.03. The Balaban J connectivity index is 1.34. The summed E-state index contributed by atoms with van der Waals surface area (Å²) in [5, 5.41) is 4.00. The first-order valence-electron chi connectivity index (χ1n) is 11.9. The molecule has 2 aromatic rings. The maximum absolute atomic E-state index is 12.7. The van der Waals surface area contributed by atoms with E-state index < -0.39 is 0 Å². The van der Waals surface area contributed by atoms with E-state index in [2.05, 4.69) is 10.2 Å². The molecule has 2 fully saturated rings. The third-order valence-electron chi connectivity index (χ3n) is 6.76. The molecule has 1 aliphatic carbocycles. The van der Waals surface area contributed by atoms with Gasteiger partial charge in [0, 0.05) is 18.7 Å². The lowest BCUT2D eigenvalue weighted by atomic mass is 9.87. The average molecular weight is 413 g/mol. The van der Waals surface area contributed by atoms with Crippen molar-refractivity contribution < 1.29 is 13.9 Å². The Kier molecular flexibility index (Phi) is 7.32. The highest BCUT2D eigenvalue weighted by atomic mass is 16.5. The number of furan rings is 1. The number of ether oxygens (including phenoxy) is 1. The van der Waals surface area contributed by atoms with Crippen molar-refractivity contribution in [3.63, 3.8) is 0 Å². The smallest absolute Gasteiger partial charge is 0.287 e. The summed E-state index contributed by atoms with van der Waals surface area (Å²) in [6.07, 6.45) is 11.4. The van der Waals surface area contributed by atoms with Crippen molar-refractivity contribution in [1.29, 1.82) is 0 Å². The molecule has 1 N–H and O–H groups in total. The van der Waals surface area contributed by atoms with E-state index in [-0.39, 0.29) is 5.91 Å². The lowest BCUT2D eigenvalue weighted by Gasteiger charge is -2.21. The number of fused-ring (bicyclic) bond motifs is 1.